The molecule has 0 aromatic heterocycles. The van der Waals surface area contributed by atoms with Gasteiger partial charge in [0.2, 0.25) is 0 Å². The van der Waals surface area contributed by atoms with Crippen molar-refractivity contribution < 1.29 is 5.11 Å². The standard InChI is InChI=1S/C16H16N2O/c1-12(15-6-2-13(10-17)3-7-15)18-16-8-4-14(11-19)5-9-16/h2-9,12,18-19H,11H2,1H3. The Balaban J connectivity index is 2.06. The van der Waals surface area contributed by atoms with Crippen LogP contribution < -0.4 is 5.32 Å². The number of aliphatic hydroxyl groups excluding tert-OH is 1. The number of nitriles is 1. The molecule has 0 aliphatic heterocycles. The second kappa shape index (κ2) is 6.03. The maximum Gasteiger partial charge on any atom is 0.0991 e. The van der Waals surface area contributed by atoms with Crippen molar-refractivity contribution in [1.82, 2.24) is 0 Å². The maximum absolute atomic E-state index is 8.99. The lowest BCUT2D eigenvalue weighted by Crippen LogP contribution is -2.06. The minimum Gasteiger partial charge on any atom is -0.392 e. The van der Waals surface area contributed by atoms with Crippen LogP contribution in [0.15, 0.2) is 48.5 Å². The molecule has 0 saturated heterocycles. The molecule has 1 unspecified atom stereocenters. The van der Waals surface area contributed by atoms with Gasteiger partial charge in [0, 0.05) is 11.7 Å². The summed E-state index contributed by atoms with van der Waals surface area (Å²) < 4.78 is 0. The van der Waals surface area contributed by atoms with Gasteiger partial charge in [-0.3, -0.25) is 0 Å². The third-order valence-electron chi connectivity index (χ3n) is 3.06. The molecule has 0 saturated carbocycles. The van der Waals surface area contributed by atoms with Gasteiger partial charge in [-0.2, -0.15) is 5.26 Å². The zero-order valence-electron chi connectivity index (χ0n) is 10.8. The molecule has 3 nitrogen and oxygen atoms in total. The first-order valence-corrected chi connectivity index (χ1v) is 6.19. The molecule has 2 N–H and O–H groups in total. The lowest BCUT2D eigenvalue weighted by atomic mass is 10.1. The van der Waals surface area contributed by atoms with Gasteiger partial charge in [0.25, 0.3) is 0 Å². The molecule has 0 radical (unpaired) electrons. The highest BCUT2D eigenvalue weighted by atomic mass is 16.3. The average molecular weight is 252 g/mol. The Morgan fingerprint density at radius 1 is 1.11 bits per heavy atom. The highest BCUT2D eigenvalue weighted by Crippen LogP contribution is 2.20. The predicted molar refractivity (Wildman–Crippen MR) is 75.6 cm³/mol. The van der Waals surface area contributed by atoms with Crippen LogP contribution in [0.4, 0.5) is 5.69 Å². The maximum atomic E-state index is 8.99. The zero-order valence-corrected chi connectivity index (χ0v) is 10.8. The van der Waals surface area contributed by atoms with Crippen molar-refractivity contribution in [1.29, 1.82) is 5.26 Å². The van der Waals surface area contributed by atoms with E-state index >= 15 is 0 Å². The number of aliphatic hydroxyl groups is 1. The monoisotopic (exact) mass is 252 g/mol. The summed E-state index contributed by atoms with van der Waals surface area (Å²) in [5, 5.41) is 21.1. The van der Waals surface area contributed by atoms with E-state index in [4.69, 9.17) is 10.4 Å². The summed E-state index contributed by atoms with van der Waals surface area (Å²) >= 11 is 0. The minimum atomic E-state index is 0.0610. The van der Waals surface area contributed by atoms with Gasteiger partial charge in [0.05, 0.1) is 18.2 Å². The van der Waals surface area contributed by atoms with E-state index in [1.165, 1.54) is 0 Å². The molecule has 0 bridgehead atoms. The average Bonchev–Trinajstić information content (AvgIpc) is 2.48. The lowest BCUT2D eigenvalue weighted by Gasteiger charge is -2.16. The third-order valence-corrected chi connectivity index (χ3v) is 3.06. The van der Waals surface area contributed by atoms with Gasteiger partial charge >= 0.3 is 0 Å². The van der Waals surface area contributed by atoms with E-state index in [9.17, 15) is 0 Å². The highest BCUT2D eigenvalue weighted by Gasteiger charge is 2.05. The molecule has 96 valence electrons. The largest absolute Gasteiger partial charge is 0.392 e. The van der Waals surface area contributed by atoms with Crippen LogP contribution in [0.5, 0.6) is 0 Å². The second-order valence-corrected chi connectivity index (χ2v) is 4.45. The summed E-state index contributed by atoms with van der Waals surface area (Å²) in [5.41, 5.74) is 3.71. The van der Waals surface area contributed by atoms with Gasteiger partial charge in [-0.1, -0.05) is 24.3 Å². The van der Waals surface area contributed by atoms with Crippen LogP contribution >= 0.6 is 0 Å². The molecule has 19 heavy (non-hydrogen) atoms. The molecule has 2 aromatic carbocycles. The fraction of sp³-hybridized carbons (Fsp3) is 0.188. The predicted octanol–water partition coefficient (Wildman–Crippen LogP) is 3.22. The van der Waals surface area contributed by atoms with Crippen LogP contribution in [0.25, 0.3) is 0 Å². The van der Waals surface area contributed by atoms with E-state index in [1.807, 2.05) is 48.5 Å². The third kappa shape index (κ3) is 3.34. The smallest absolute Gasteiger partial charge is 0.0991 e. The van der Waals surface area contributed by atoms with E-state index in [1.54, 1.807) is 0 Å². The Kier molecular flexibility index (Phi) is 4.17. The molecule has 3 heteroatoms. The quantitative estimate of drug-likeness (QED) is 0.878. The van der Waals surface area contributed by atoms with Gasteiger partial charge < -0.3 is 10.4 Å². The van der Waals surface area contributed by atoms with Gasteiger partial charge in [-0.05, 0) is 42.3 Å². The number of anilines is 1. The van der Waals surface area contributed by atoms with Crippen LogP contribution in [0, 0.1) is 11.3 Å². The van der Waals surface area contributed by atoms with Gasteiger partial charge in [-0.25, -0.2) is 0 Å². The van der Waals surface area contributed by atoms with E-state index in [0.29, 0.717) is 5.56 Å². The molecule has 0 aliphatic rings. The number of benzene rings is 2. The summed E-state index contributed by atoms with van der Waals surface area (Å²) in [6, 6.07) is 17.5. The SMILES string of the molecule is CC(Nc1ccc(CO)cc1)c1ccc(C#N)cc1. The topological polar surface area (TPSA) is 56.0 Å². The van der Waals surface area contributed by atoms with Crippen LogP contribution in [0.1, 0.15) is 29.7 Å². The van der Waals surface area contributed by atoms with Crippen molar-refractivity contribution in [3.63, 3.8) is 0 Å². The lowest BCUT2D eigenvalue weighted by molar-refractivity contribution is 0.282. The van der Waals surface area contributed by atoms with E-state index in [2.05, 4.69) is 18.3 Å². The van der Waals surface area contributed by atoms with Crippen molar-refractivity contribution in [2.75, 3.05) is 5.32 Å². The molecular formula is C16H16N2O. The summed E-state index contributed by atoms with van der Waals surface area (Å²) in [6.07, 6.45) is 0. The molecule has 2 aromatic rings. The van der Waals surface area contributed by atoms with Crippen LogP contribution in [-0.2, 0) is 6.61 Å². The Labute approximate surface area is 113 Å². The summed E-state index contributed by atoms with van der Waals surface area (Å²) in [6.45, 7) is 2.13. The van der Waals surface area contributed by atoms with Crippen LogP contribution in [-0.4, -0.2) is 5.11 Å². The van der Waals surface area contributed by atoms with Gasteiger partial charge in [0.15, 0.2) is 0 Å². The number of hydrogen-bond acceptors (Lipinski definition) is 3. The normalized spacial score (nSPS) is 11.6. The first-order chi connectivity index (χ1) is 9.22. The Morgan fingerprint density at radius 2 is 1.74 bits per heavy atom. The fourth-order valence-electron chi connectivity index (χ4n) is 1.89. The van der Waals surface area contributed by atoms with Crippen molar-refractivity contribution in [3.05, 3.63) is 65.2 Å². The molecular weight excluding hydrogens is 236 g/mol. The minimum absolute atomic E-state index is 0.0610. The summed E-state index contributed by atoms with van der Waals surface area (Å²) in [4.78, 5) is 0. The molecule has 0 spiro atoms. The fourth-order valence-corrected chi connectivity index (χ4v) is 1.89. The van der Waals surface area contributed by atoms with E-state index in [-0.39, 0.29) is 12.6 Å². The van der Waals surface area contributed by atoms with Crippen molar-refractivity contribution >= 4 is 5.69 Å². The Hall–Kier alpha value is -2.31. The number of nitrogens with zero attached hydrogens (tertiary/aromatic N) is 1. The Morgan fingerprint density at radius 3 is 2.26 bits per heavy atom. The second-order valence-electron chi connectivity index (χ2n) is 4.45. The molecule has 0 heterocycles. The molecule has 0 amide bonds. The summed E-state index contributed by atoms with van der Waals surface area (Å²) in [7, 11) is 0. The molecule has 1 atom stereocenters. The van der Waals surface area contributed by atoms with E-state index < -0.39 is 0 Å². The number of rotatable bonds is 4. The molecule has 2 rings (SSSR count). The zero-order chi connectivity index (χ0) is 13.7. The molecule has 0 aliphatic carbocycles. The Bertz CT molecular complexity index is 567. The van der Waals surface area contributed by atoms with Crippen LogP contribution in [0.2, 0.25) is 0 Å². The first kappa shape index (κ1) is 13.1. The first-order valence-electron chi connectivity index (χ1n) is 6.19. The van der Waals surface area contributed by atoms with Gasteiger partial charge in [-0.15, -0.1) is 0 Å². The van der Waals surface area contributed by atoms with E-state index in [0.717, 1.165) is 16.8 Å². The molecule has 0 fully saturated rings. The van der Waals surface area contributed by atoms with Gasteiger partial charge in [0.1, 0.15) is 0 Å². The van der Waals surface area contributed by atoms with Crippen molar-refractivity contribution in [3.8, 4) is 6.07 Å². The number of hydrogen-bond donors (Lipinski definition) is 2. The highest BCUT2D eigenvalue weighted by molar-refractivity contribution is 5.47. The van der Waals surface area contributed by atoms with Crippen molar-refractivity contribution in [2.45, 2.75) is 19.6 Å². The van der Waals surface area contributed by atoms with Crippen molar-refractivity contribution in [2.24, 2.45) is 0 Å². The van der Waals surface area contributed by atoms with Crippen LogP contribution in [0.3, 0.4) is 0 Å². The summed E-state index contributed by atoms with van der Waals surface area (Å²) in [5.74, 6) is 0. The number of nitrogens with one attached hydrogen (secondary N) is 1.